The summed E-state index contributed by atoms with van der Waals surface area (Å²) in [5.41, 5.74) is 2.87. The van der Waals surface area contributed by atoms with E-state index < -0.39 is 0 Å². The third-order valence-electron chi connectivity index (χ3n) is 3.85. The molecule has 5 heteroatoms. The summed E-state index contributed by atoms with van der Waals surface area (Å²) in [6, 6.07) is 17.8. The molecular weight excluding hydrogens is 336 g/mol. The SMILES string of the molecule is Cc1ccc(NC(=O)c2ccc(=O)n(Cc3ccccc3Cl)c2)cc1. The fourth-order valence-electron chi connectivity index (χ4n) is 2.44. The molecule has 1 amide bonds. The van der Waals surface area contributed by atoms with Crippen LogP contribution >= 0.6 is 11.6 Å². The van der Waals surface area contributed by atoms with Gasteiger partial charge in [-0.25, -0.2) is 0 Å². The number of hydrogen-bond acceptors (Lipinski definition) is 2. The number of nitrogens with zero attached hydrogens (tertiary/aromatic N) is 1. The number of carbonyl (C=O) groups is 1. The summed E-state index contributed by atoms with van der Waals surface area (Å²) < 4.78 is 1.48. The monoisotopic (exact) mass is 352 g/mol. The van der Waals surface area contributed by atoms with Crippen molar-refractivity contribution in [2.24, 2.45) is 0 Å². The van der Waals surface area contributed by atoms with Crippen LogP contribution in [-0.2, 0) is 6.54 Å². The number of amides is 1. The van der Waals surface area contributed by atoms with Crippen LogP contribution in [-0.4, -0.2) is 10.5 Å². The average molecular weight is 353 g/mol. The Bertz CT molecular complexity index is 962. The van der Waals surface area contributed by atoms with Crippen LogP contribution in [0, 0.1) is 6.92 Å². The highest BCUT2D eigenvalue weighted by molar-refractivity contribution is 6.31. The summed E-state index contributed by atoms with van der Waals surface area (Å²) >= 11 is 6.15. The summed E-state index contributed by atoms with van der Waals surface area (Å²) in [5.74, 6) is -0.267. The Balaban J connectivity index is 1.83. The lowest BCUT2D eigenvalue weighted by atomic mass is 10.2. The van der Waals surface area contributed by atoms with Crippen molar-refractivity contribution in [1.29, 1.82) is 0 Å². The van der Waals surface area contributed by atoms with Gasteiger partial charge in [0.25, 0.3) is 11.5 Å². The predicted molar refractivity (Wildman–Crippen MR) is 100 cm³/mol. The fraction of sp³-hybridized carbons (Fsp3) is 0.100. The molecule has 0 aliphatic carbocycles. The first-order valence-corrected chi connectivity index (χ1v) is 8.22. The second kappa shape index (κ2) is 7.36. The molecule has 3 rings (SSSR count). The van der Waals surface area contributed by atoms with Gasteiger partial charge < -0.3 is 9.88 Å². The minimum Gasteiger partial charge on any atom is -0.322 e. The maximum Gasteiger partial charge on any atom is 0.257 e. The minimum absolute atomic E-state index is 0.188. The second-order valence-corrected chi connectivity index (χ2v) is 6.20. The number of benzene rings is 2. The first kappa shape index (κ1) is 17.0. The van der Waals surface area contributed by atoms with Crippen molar-refractivity contribution in [3.8, 4) is 0 Å². The molecule has 0 radical (unpaired) electrons. The van der Waals surface area contributed by atoms with E-state index >= 15 is 0 Å². The van der Waals surface area contributed by atoms with Crippen LogP contribution < -0.4 is 10.9 Å². The van der Waals surface area contributed by atoms with E-state index in [0.29, 0.717) is 22.8 Å². The van der Waals surface area contributed by atoms with Gasteiger partial charge in [-0.05, 0) is 36.8 Å². The Morgan fingerprint density at radius 3 is 2.48 bits per heavy atom. The minimum atomic E-state index is -0.267. The standard InChI is InChI=1S/C20H17ClN2O2/c1-14-6-9-17(10-7-14)22-20(25)16-8-11-19(24)23(13-16)12-15-4-2-3-5-18(15)21/h2-11,13H,12H2,1H3,(H,22,25). The molecule has 3 aromatic rings. The van der Waals surface area contributed by atoms with Crippen molar-refractivity contribution in [3.05, 3.63) is 98.9 Å². The first-order chi connectivity index (χ1) is 12.0. The van der Waals surface area contributed by atoms with Crippen molar-refractivity contribution in [2.45, 2.75) is 13.5 Å². The van der Waals surface area contributed by atoms with E-state index in [-0.39, 0.29) is 11.5 Å². The van der Waals surface area contributed by atoms with E-state index in [0.717, 1.165) is 11.1 Å². The average Bonchev–Trinajstić information content (AvgIpc) is 2.60. The second-order valence-electron chi connectivity index (χ2n) is 5.80. The Morgan fingerprint density at radius 1 is 1.04 bits per heavy atom. The Morgan fingerprint density at radius 2 is 1.76 bits per heavy atom. The lowest BCUT2D eigenvalue weighted by Crippen LogP contribution is -2.22. The third kappa shape index (κ3) is 4.17. The largest absolute Gasteiger partial charge is 0.322 e. The molecule has 0 saturated carbocycles. The Hall–Kier alpha value is -2.85. The number of nitrogens with one attached hydrogen (secondary N) is 1. The maximum absolute atomic E-state index is 12.4. The van der Waals surface area contributed by atoms with Crippen molar-refractivity contribution < 1.29 is 4.79 Å². The van der Waals surface area contributed by atoms with Crippen molar-refractivity contribution in [2.75, 3.05) is 5.32 Å². The highest BCUT2D eigenvalue weighted by Gasteiger charge is 2.09. The number of anilines is 1. The van der Waals surface area contributed by atoms with Gasteiger partial charge in [0, 0.05) is 23.0 Å². The number of halogens is 1. The number of hydrogen-bond donors (Lipinski definition) is 1. The maximum atomic E-state index is 12.4. The normalized spacial score (nSPS) is 10.5. The van der Waals surface area contributed by atoms with Crippen molar-refractivity contribution in [1.82, 2.24) is 4.57 Å². The van der Waals surface area contributed by atoms with Crippen LogP contribution in [0.15, 0.2) is 71.7 Å². The van der Waals surface area contributed by atoms with Gasteiger partial charge in [-0.1, -0.05) is 47.5 Å². The van der Waals surface area contributed by atoms with E-state index in [2.05, 4.69) is 5.32 Å². The van der Waals surface area contributed by atoms with E-state index in [1.807, 2.05) is 49.4 Å². The molecule has 126 valence electrons. The topological polar surface area (TPSA) is 51.1 Å². The van der Waals surface area contributed by atoms with Gasteiger partial charge in [-0.15, -0.1) is 0 Å². The van der Waals surface area contributed by atoms with Crippen LogP contribution in [0.25, 0.3) is 0 Å². The summed E-state index contributed by atoms with van der Waals surface area (Å²) in [6.07, 6.45) is 1.55. The summed E-state index contributed by atoms with van der Waals surface area (Å²) in [5, 5.41) is 3.41. The number of pyridine rings is 1. The van der Waals surface area contributed by atoms with Crippen LogP contribution in [0.2, 0.25) is 5.02 Å². The van der Waals surface area contributed by atoms with E-state index in [4.69, 9.17) is 11.6 Å². The van der Waals surface area contributed by atoms with E-state index in [1.165, 1.54) is 16.7 Å². The molecular formula is C20H17ClN2O2. The Labute approximate surface area is 150 Å². The predicted octanol–water partition coefficient (Wildman–Crippen LogP) is 4.11. The zero-order chi connectivity index (χ0) is 17.8. The molecule has 0 aliphatic heterocycles. The summed E-state index contributed by atoms with van der Waals surface area (Å²) in [4.78, 5) is 24.5. The third-order valence-corrected chi connectivity index (χ3v) is 4.22. The molecule has 1 aromatic heterocycles. The van der Waals surface area contributed by atoms with Gasteiger partial charge in [-0.2, -0.15) is 0 Å². The molecule has 0 atom stereocenters. The van der Waals surface area contributed by atoms with Gasteiger partial charge in [0.05, 0.1) is 12.1 Å². The zero-order valence-corrected chi connectivity index (χ0v) is 14.5. The molecule has 0 spiro atoms. The van der Waals surface area contributed by atoms with Crippen LogP contribution in [0.4, 0.5) is 5.69 Å². The molecule has 0 saturated heterocycles. The number of rotatable bonds is 4. The number of carbonyl (C=O) groups excluding carboxylic acids is 1. The van der Waals surface area contributed by atoms with Crippen LogP contribution in [0.3, 0.4) is 0 Å². The summed E-state index contributed by atoms with van der Waals surface area (Å²) in [6.45, 7) is 2.29. The fourth-order valence-corrected chi connectivity index (χ4v) is 2.64. The quantitative estimate of drug-likeness (QED) is 0.768. The molecule has 2 aromatic carbocycles. The molecule has 0 bridgehead atoms. The Kier molecular flexibility index (Phi) is 5.00. The van der Waals surface area contributed by atoms with Gasteiger partial charge >= 0.3 is 0 Å². The lowest BCUT2D eigenvalue weighted by Gasteiger charge is -2.10. The molecule has 1 N–H and O–H groups in total. The van der Waals surface area contributed by atoms with E-state index in [9.17, 15) is 9.59 Å². The molecule has 0 aliphatic rings. The molecule has 1 heterocycles. The van der Waals surface area contributed by atoms with Crippen molar-refractivity contribution >= 4 is 23.2 Å². The first-order valence-electron chi connectivity index (χ1n) is 7.85. The molecule has 4 nitrogen and oxygen atoms in total. The number of aryl methyl sites for hydroxylation is 1. The van der Waals surface area contributed by atoms with Gasteiger partial charge in [0.15, 0.2) is 0 Å². The van der Waals surface area contributed by atoms with Gasteiger partial charge in [0.2, 0.25) is 0 Å². The lowest BCUT2D eigenvalue weighted by molar-refractivity contribution is 0.102. The van der Waals surface area contributed by atoms with Crippen molar-refractivity contribution in [3.63, 3.8) is 0 Å². The molecule has 0 fully saturated rings. The van der Waals surface area contributed by atoms with Crippen LogP contribution in [0.1, 0.15) is 21.5 Å². The highest BCUT2D eigenvalue weighted by atomic mass is 35.5. The zero-order valence-electron chi connectivity index (χ0n) is 13.7. The number of aromatic nitrogens is 1. The smallest absolute Gasteiger partial charge is 0.257 e. The van der Waals surface area contributed by atoms with Gasteiger partial charge in [0.1, 0.15) is 0 Å². The van der Waals surface area contributed by atoms with E-state index in [1.54, 1.807) is 12.3 Å². The molecule has 0 unspecified atom stereocenters. The molecule has 25 heavy (non-hydrogen) atoms. The van der Waals surface area contributed by atoms with Crippen LogP contribution in [0.5, 0.6) is 0 Å². The summed E-state index contributed by atoms with van der Waals surface area (Å²) in [7, 11) is 0. The van der Waals surface area contributed by atoms with Gasteiger partial charge in [-0.3, -0.25) is 9.59 Å². The highest BCUT2D eigenvalue weighted by Crippen LogP contribution is 2.16.